The zero-order valence-corrected chi connectivity index (χ0v) is 17.4. The maximum Gasteiger partial charge on any atom is 0.257 e. The summed E-state index contributed by atoms with van der Waals surface area (Å²) in [5.41, 5.74) is 1.87. The fraction of sp³-hybridized carbons (Fsp3) is 0.292. The number of nitrogens with zero attached hydrogens (tertiary/aromatic N) is 1. The number of benzene rings is 2. The van der Waals surface area contributed by atoms with Crippen molar-refractivity contribution in [3.05, 3.63) is 70.9 Å². The number of carbonyl (C=O) groups excluding carboxylic acids is 2. The van der Waals surface area contributed by atoms with Gasteiger partial charge >= 0.3 is 0 Å². The number of aromatic nitrogens is 1. The minimum Gasteiger partial charge on any atom is -0.352 e. The van der Waals surface area contributed by atoms with Crippen LogP contribution >= 0.6 is 11.6 Å². The van der Waals surface area contributed by atoms with Crippen molar-refractivity contribution in [3.8, 4) is 0 Å². The van der Waals surface area contributed by atoms with Crippen LogP contribution in [0.4, 0.5) is 5.69 Å². The molecule has 5 nitrogen and oxygen atoms in total. The largest absolute Gasteiger partial charge is 0.352 e. The van der Waals surface area contributed by atoms with Crippen LogP contribution in [-0.4, -0.2) is 23.3 Å². The molecule has 1 fully saturated rings. The lowest BCUT2D eigenvalue weighted by Gasteiger charge is -2.22. The predicted molar refractivity (Wildman–Crippen MR) is 120 cm³/mol. The summed E-state index contributed by atoms with van der Waals surface area (Å²) in [6.07, 6.45) is 7.67. The number of pyridine rings is 1. The van der Waals surface area contributed by atoms with Gasteiger partial charge in [0.1, 0.15) is 0 Å². The van der Waals surface area contributed by atoms with E-state index in [2.05, 4.69) is 15.6 Å². The summed E-state index contributed by atoms with van der Waals surface area (Å²) in [6, 6.07) is 14.1. The molecule has 0 bridgehead atoms. The van der Waals surface area contributed by atoms with Gasteiger partial charge in [-0.2, -0.15) is 0 Å². The highest BCUT2D eigenvalue weighted by molar-refractivity contribution is 6.31. The monoisotopic (exact) mass is 421 g/mol. The maximum absolute atomic E-state index is 13.0. The molecule has 2 aromatic carbocycles. The van der Waals surface area contributed by atoms with E-state index in [1.54, 1.807) is 30.5 Å². The molecule has 0 unspecified atom stereocenters. The first-order valence-corrected chi connectivity index (χ1v) is 10.7. The summed E-state index contributed by atoms with van der Waals surface area (Å²) in [7, 11) is 0. The highest BCUT2D eigenvalue weighted by atomic mass is 35.5. The van der Waals surface area contributed by atoms with Gasteiger partial charge in [0.05, 0.1) is 22.3 Å². The molecule has 0 saturated heterocycles. The minimum atomic E-state index is -0.317. The molecule has 3 aromatic rings. The number of carbonyl (C=O) groups is 2. The van der Waals surface area contributed by atoms with Crippen LogP contribution in [0.25, 0.3) is 10.9 Å². The summed E-state index contributed by atoms with van der Waals surface area (Å²) in [6.45, 7) is 0.645. The quantitative estimate of drug-likeness (QED) is 0.575. The minimum absolute atomic E-state index is 0.227. The van der Waals surface area contributed by atoms with Gasteiger partial charge in [-0.25, -0.2) is 0 Å². The number of anilines is 1. The van der Waals surface area contributed by atoms with Crippen molar-refractivity contribution < 1.29 is 9.59 Å². The lowest BCUT2D eigenvalue weighted by molar-refractivity contribution is 0.0944. The number of rotatable bonds is 5. The van der Waals surface area contributed by atoms with Crippen molar-refractivity contribution in [2.24, 2.45) is 5.92 Å². The van der Waals surface area contributed by atoms with Crippen molar-refractivity contribution in [2.45, 2.75) is 32.1 Å². The van der Waals surface area contributed by atoms with E-state index < -0.39 is 0 Å². The van der Waals surface area contributed by atoms with Gasteiger partial charge in [-0.1, -0.05) is 49.1 Å². The third-order valence-corrected chi connectivity index (χ3v) is 5.86. The maximum atomic E-state index is 13.0. The first kappa shape index (κ1) is 20.4. The second-order valence-electron chi connectivity index (χ2n) is 7.74. The summed E-state index contributed by atoms with van der Waals surface area (Å²) in [5.74, 6) is -0.0287. The second kappa shape index (κ2) is 9.26. The van der Waals surface area contributed by atoms with Crippen molar-refractivity contribution >= 4 is 40.0 Å². The molecule has 2 N–H and O–H groups in total. The number of fused-ring (bicyclic) bond motifs is 1. The lowest BCUT2D eigenvalue weighted by Crippen LogP contribution is -2.31. The number of hydrogen-bond acceptors (Lipinski definition) is 3. The van der Waals surface area contributed by atoms with Gasteiger partial charge < -0.3 is 10.6 Å². The van der Waals surface area contributed by atoms with Crippen LogP contribution in [0.1, 0.15) is 52.8 Å². The molecule has 1 saturated carbocycles. The fourth-order valence-electron chi connectivity index (χ4n) is 4.01. The Bertz CT molecular complexity index is 1070. The SMILES string of the molecule is O=C(NCC1CCCCC1)c1cc(Cl)ccc1NC(=O)c1cccc2cccnc12. The molecule has 0 atom stereocenters. The molecule has 0 radical (unpaired) electrons. The Balaban J connectivity index is 1.54. The molecule has 0 aliphatic heterocycles. The van der Waals surface area contributed by atoms with Crippen LogP contribution in [0.5, 0.6) is 0 Å². The Kier molecular flexibility index (Phi) is 6.29. The van der Waals surface area contributed by atoms with E-state index in [0.717, 1.165) is 18.2 Å². The van der Waals surface area contributed by atoms with E-state index in [1.807, 2.05) is 24.3 Å². The van der Waals surface area contributed by atoms with Gasteiger partial charge in [0, 0.05) is 23.2 Å². The summed E-state index contributed by atoms with van der Waals surface area (Å²) in [5, 5.41) is 7.21. The average molecular weight is 422 g/mol. The Labute approximate surface area is 180 Å². The van der Waals surface area contributed by atoms with Crippen molar-refractivity contribution in [2.75, 3.05) is 11.9 Å². The van der Waals surface area contributed by atoms with Crippen LogP contribution in [0, 0.1) is 5.92 Å². The normalized spacial score (nSPS) is 14.4. The zero-order valence-electron chi connectivity index (χ0n) is 16.7. The van der Waals surface area contributed by atoms with Gasteiger partial charge in [0.2, 0.25) is 0 Å². The van der Waals surface area contributed by atoms with Crippen LogP contribution < -0.4 is 10.6 Å². The van der Waals surface area contributed by atoms with Crippen molar-refractivity contribution in [1.82, 2.24) is 10.3 Å². The second-order valence-corrected chi connectivity index (χ2v) is 8.18. The molecule has 6 heteroatoms. The average Bonchev–Trinajstić information content (AvgIpc) is 2.79. The number of nitrogens with one attached hydrogen (secondary N) is 2. The standard InChI is InChI=1S/C24H24ClN3O2/c25-18-11-12-21(20(14-18)23(29)27-15-16-6-2-1-3-7-16)28-24(30)19-10-4-8-17-9-5-13-26-22(17)19/h4-5,8-14,16H,1-3,6-7,15H2,(H,27,29)(H,28,30). The van der Waals surface area contributed by atoms with E-state index in [4.69, 9.17) is 11.6 Å². The van der Waals surface area contributed by atoms with Gasteiger partial charge in [0.25, 0.3) is 11.8 Å². The van der Waals surface area contributed by atoms with E-state index in [9.17, 15) is 9.59 Å². The van der Waals surface area contributed by atoms with Gasteiger partial charge in [0.15, 0.2) is 0 Å². The van der Waals surface area contributed by atoms with E-state index in [1.165, 1.54) is 19.3 Å². The predicted octanol–water partition coefficient (Wildman–Crippen LogP) is 5.45. The Morgan fingerprint density at radius 3 is 2.60 bits per heavy atom. The molecule has 4 rings (SSSR count). The van der Waals surface area contributed by atoms with Gasteiger partial charge in [-0.3, -0.25) is 14.6 Å². The van der Waals surface area contributed by atoms with Crippen molar-refractivity contribution in [3.63, 3.8) is 0 Å². The van der Waals surface area contributed by atoms with E-state index in [0.29, 0.717) is 39.8 Å². The first-order valence-electron chi connectivity index (χ1n) is 10.3. The van der Waals surface area contributed by atoms with E-state index >= 15 is 0 Å². The molecule has 2 amide bonds. The van der Waals surface area contributed by atoms with Crippen LogP contribution in [0.2, 0.25) is 5.02 Å². The summed E-state index contributed by atoms with van der Waals surface area (Å²) >= 11 is 6.14. The molecular weight excluding hydrogens is 398 g/mol. The van der Waals surface area contributed by atoms with Crippen LogP contribution in [-0.2, 0) is 0 Å². The zero-order chi connectivity index (χ0) is 20.9. The molecular formula is C24H24ClN3O2. The third kappa shape index (κ3) is 4.62. The van der Waals surface area contributed by atoms with Crippen LogP contribution in [0.15, 0.2) is 54.7 Å². The highest BCUT2D eigenvalue weighted by Gasteiger charge is 2.19. The van der Waals surface area contributed by atoms with Crippen molar-refractivity contribution in [1.29, 1.82) is 0 Å². The molecule has 30 heavy (non-hydrogen) atoms. The number of halogens is 1. The Hall–Kier alpha value is -2.92. The molecule has 154 valence electrons. The molecule has 1 aliphatic rings. The van der Waals surface area contributed by atoms with E-state index in [-0.39, 0.29) is 11.8 Å². The smallest absolute Gasteiger partial charge is 0.257 e. The molecule has 0 spiro atoms. The molecule has 1 heterocycles. The van der Waals surface area contributed by atoms with Gasteiger partial charge in [-0.05, 0) is 49.1 Å². The summed E-state index contributed by atoms with van der Waals surface area (Å²) < 4.78 is 0. The Morgan fingerprint density at radius 1 is 0.967 bits per heavy atom. The molecule has 1 aliphatic carbocycles. The number of hydrogen-bond donors (Lipinski definition) is 2. The highest BCUT2D eigenvalue weighted by Crippen LogP contribution is 2.25. The first-order chi connectivity index (χ1) is 14.6. The number of para-hydroxylation sites is 1. The summed E-state index contributed by atoms with van der Waals surface area (Å²) in [4.78, 5) is 30.2. The Morgan fingerprint density at radius 2 is 1.77 bits per heavy atom. The number of amides is 2. The van der Waals surface area contributed by atoms with Crippen LogP contribution in [0.3, 0.4) is 0 Å². The lowest BCUT2D eigenvalue weighted by atomic mass is 9.89. The molecule has 1 aromatic heterocycles. The third-order valence-electron chi connectivity index (χ3n) is 5.63. The van der Waals surface area contributed by atoms with Gasteiger partial charge in [-0.15, -0.1) is 0 Å². The fourth-order valence-corrected chi connectivity index (χ4v) is 4.19. The topological polar surface area (TPSA) is 71.1 Å².